The van der Waals surface area contributed by atoms with Crippen molar-refractivity contribution in [3.05, 3.63) is 42.2 Å². The minimum atomic E-state index is -0.248. The van der Waals surface area contributed by atoms with Gasteiger partial charge in [-0.15, -0.1) is 12.4 Å². The molecule has 0 aliphatic heterocycles. The van der Waals surface area contributed by atoms with E-state index in [-0.39, 0.29) is 24.0 Å². The summed E-state index contributed by atoms with van der Waals surface area (Å²) in [6.07, 6.45) is 1.73. The molecule has 7 nitrogen and oxygen atoms in total. The van der Waals surface area contributed by atoms with Crippen molar-refractivity contribution < 1.29 is 14.3 Å². The summed E-state index contributed by atoms with van der Waals surface area (Å²) in [5, 5.41) is 10.4. The Bertz CT molecular complexity index is 634. The fourth-order valence-electron chi connectivity index (χ4n) is 2.14. The second-order valence-electron chi connectivity index (χ2n) is 5.05. The van der Waals surface area contributed by atoms with Gasteiger partial charge in [0.25, 0.3) is 5.91 Å². The average Bonchev–Trinajstić information content (AvgIpc) is 3.03. The molecule has 1 aromatic heterocycles. The van der Waals surface area contributed by atoms with Crippen LogP contribution in [-0.2, 0) is 4.74 Å². The molecule has 25 heavy (non-hydrogen) atoms. The van der Waals surface area contributed by atoms with Crippen LogP contribution in [0.15, 0.2) is 36.5 Å². The molecule has 1 heterocycles. The van der Waals surface area contributed by atoms with Gasteiger partial charge in [0, 0.05) is 26.7 Å². The first-order valence-electron chi connectivity index (χ1n) is 8.02. The zero-order chi connectivity index (χ0) is 17.2. The Kier molecular flexibility index (Phi) is 9.61. The molecule has 0 atom stereocenters. The number of benzene rings is 1. The van der Waals surface area contributed by atoms with Crippen molar-refractivity contribution in [2.45, 2.75) is 6.92 Å². The van der Waals surface area contributed by atoms with E-state index in [9.17, 15) is 4.79 Å². The number of ether oxygens (including phenoxy) is 2. The predicted octanol–water partition coefficient (Wildman–Crippen LogP) is 1.66. The summed E-state index contributed by atoms with van der Waals surface area (Å²) < 4.78 is 12.1. The van der Waals surface area contributed by atoms with Crippen molar-refractivity contribution in [1.82, 2.24) is 20.4 Å². The number of halogens is 1. The second kappa shape index (κ2) is 11.5. The van der Waals surface area contributed by atoms with Crippen LogP contribution in [0.1, 0.15) is 17.4 Å². The van der Waals surface area contributed by atoms with Gasteiger partial charge in [-0.2, -0.15) is 5.10 Å². The van der Waals surface area contributed by atoms with Crippen LogP contribution < -0.4 is 15.4 Å². The maximum Gasteiger partial charge on any atom is 0.275 e. The lowest BCUT2D eigenvalue weighted by molar-refractivity contribution is 0.0944. The number of methoxy groups -OCH3 is 1. The summed E-state index contributed by atoms with van der Waals surface area (Å²) in [5.41, 5.74) is 1.16. The van der Waals surface area contributed by atoms with Crippen LogP contribution in [0.5, 0.6) is 5.75 Å². The van der Waals surface area contributed by atoms with E-state index in [0.29, 0.717) is 32.1 Å². The molecule has 1 amide bonds. The van der Waals surface area contributed by atoms with Gasteiger partial charge in [0.05, 0.1) is 25.1 Å². The van der Waals surface area contributed by atoms with Gasteiger partial charge in [-0.1, -0.05) is 18.2 Å². The molecule has 0 saturated carbocycles. The Morgan fingerprint density at radius 2 is 1.96 bits per heavy atom. The van der Waals surface area contributed by atoms with Gasteiger partial charge in [-0.05, 0) is 19.1 Å². The summed E-state index contributed by atoms with van der Waals surface area (Å²) in [5.74, 6) is 0.230. The highest BCUT2D eigenvalue weighted by atomic mass is 35.5. The first kappa shape index (κ1) is 21.0. The number of amides is 1. The Balaban J connectivity index is 0.00000312. The smallest absolute Gasteiger partial charge is 0.275 e. The number of rotatable bonds is 10. The van der Waals surface area contributed by atoms with Crippen LogP contribution >= 0.6 is 12.4 Å². The van der Waals surface area contributed by atoms with E-state index in [0.717, 1.165) is 12.2 Å². The first-order chi connectivity index (χ1) is 11.8. The van der Waals surface area contributed by atoms with Gasteiger partial charge in [-0.3, -0.25) is 4.79 Å². The summed E-state index contributed by atoms with van der Waals surface area (Å²) >= 11 is 0. The SMILES string of the molecule is CCOc1cn(-c2ccccc2)nc1C(=O)NCCNCCOC.Cl. The van der Waals surface area contributed by atoms with Crippen LogP contribution in [0.25, 0.3) is 5.69 Å². The van der Waals surface area contributed by atoms with Gasteiger partial charge in [0.2, 0.25) is 0 Å². The monoisotopic (exact) mass is 368 g/mol. The maximum atomic E-state index is 12.4. The largest absolute Gasteiger partial charge is 0.490 e. The maximum absolute atomic E-state index is 12.4. The summed E-state index contributed by atoms with van der Waals surface area (Å²) in [4.78, 5) is 12.4. The third kappa shape index (κ3) is 6.38. The fraction of sp³-hybridized carbons (Fsp3) is 0.412. The lowest BCUT2D eigenvalue weighted by Crippen LogP contribution is -2.33. The Labute approximate surface area is 154 Å². The third-order valence-electron chi connectivity index (χ3n) is 3.29. The van der Waals surface area contributed by atoms with Crippen LogP contribution in [0.3, 0.4) is 0 Å². The highest BCUT2D eigenvalue weighted by Crippen LogP contribution is 2.19. The molecule has 0 spiro atoms. The van der Waals surface area contributed by atoms with Gasteiger partial charge in [-0.25, -0.2) is 4.68 Å². The number of nitrogens with zero attached hydrogens (tertiary/aromatic N) is 2. The minimum absolute atomic E-state index is 0. The zero-order valence-corrected chi connectivity index (χ0v) is 15.3. The number of para-hydroxylation sites is 1. The summed E-state index contributed by atoms with van der Waals surface area (Å²) in [6, 6.07) is 9.61. The van der Waals surface area contributed by atoms with Crippen molar-refractivity contribution in [3.8, 4) is 11.4 Å². The first-order valence-corrected chi connectivity index (χ1v) is 8.02. The molecule has 0 saturated heterocycles. The van der Waals surface area contributed by atoms with Gasteiger partial charge in [0.15, 0.2) is 11.4 Å². The van der Waals surface area contributed by atoms with E-state index in [1.807, 2.05) is 37.3 Å². The zero-order valence-electron chi connectivity index (χ0n) is 14.5. The number of nitrogens with one attached hydrogen (secondary N) is 2. The minimum Gasteiger partial charge on any atom is -0.490 e. The van der Waals surface area contributed by atoms with E-state index >= 15 is 0 Å². The summed E-state index contributed by atoms with van der Waals surface area (Å²) in [7, 11) is 1.65. The average molecular weight is 369 g/mol. The fourth-order valence-corrected chi connectivity index (χ4v) is 2.14. The lowest BCUT2D eigenvalue weighted by atomic mass is 10.3. The van der Waals surface area contributed by atoms with E-state index in [4.69, 9.17) is 9.47 Å². The highest BCUT2D eigenvalue weighted by molar-refractivity contribution is 5.94. The molecule has 2 aromatic rings. The van der Waals surface area contributed by atoms with Crippen LogP contribution in [0.2, 0.25) is 0 Å². The molecule has 0 radical (unpaired) electrons. The van der Waals surface area contributed by atoms with Gasteiger partial charge >= 0.3 is 0 Å². The van der Waals surface area contributed by atoms with Crippen molar-refractivity contribution in [1.29, 1.82) is 0 Å². The predicted molar refractivity (Wildman–Crippen MR) is 99.1 cm³/mol. The quantitative estimate of drug-likeness (QED) is 0.624. The number of carbonyl (C=O) groups is 1. The van der Waals surface area contributed by atoms with E-state index in [1.165, 1.54) is 0 Å². The molecule has 0 bridgehead atoms. The van der Waals surface area contributed by atoms with E-state index < -0.39 is 0 Å². The number of hydrogen-bond acceptors (Lipinski definition) is 5. The molecule has 1 aromatic carbocycles. The van der Waals surface area contributed by atoms with E-state index in [2.05, 4.69) is 15.7 Å². The Morgan fingerprint density at radius 1 is 1.20 bits per heavy atom. The van der Waals surface area contributed by atoms with Gasteiger partial charge < -0.3 is 20.1 Å². The Hall–Kier alpha value is -2.09. The third-order valence-corrected chi connectivity index (χ3v) is 3.29. The summed E-state index contributed by atoms with van der Waals surface area (Å²) in [6.45, 7) is 4.91. The highest BCUT2D eigenvalue weighted by Gasteiger charge is 2.18. The Morgan fingerprint density at radius 3 is 2.64 bits per heavy atom. The van der Waals surface area contributed by atoms with Crippen LogP contribution in [-0.4, -0.2) is 55.6 Å². The lowest BCUT2D eigenvalue weighted by Gasteiger charge is -2.06. The van der Waals surface area contributed by atoms with E-state index in [1.54, 1.807) is 18.0 Å². The molecule has 138 valence electrons. The molecule has 2 N–H and O–H groups in total. The number of hydrogen-bond donors (Lipinski definition) is 2. The molecule has 0 aliphatic carbocycles. The molecular weight excluding hydrogens is 344 g/mol. The topological polar surface area (TPSA) is 77.4 Å². The molecule has 0 aliphatic rings. The molecule has 0 unspecified atom stereocenters. The van der Waals surface area contributed by atoms with Crippen LogP contribution in [0, 0.1) is 0 Å². The second-order valence-corrected chi connectivity index (χ2v) is 5.05. The van der Waals surface area contributed by atoms with Gasteiger partial charge in [0.1, 0.15) is 0 Å². The van der Waals surface area contributed by atoms with Crippen molar-refractivity contribution >= 4 is 18.3 Å². The van der Waals surface area contributed by atoms with Crippen LogP contribution in [0.4, 0.5) is 0 Å². The van der Waals surface area contributed by atoms with Crippen molar-refractivity contribution in [3.63, 3.8) is 0 Å². The standard InChI is InChI=1S/C17H24N4O3.ClH/c1-3-24-15-13-21(14-7-5-4-6-8-14)20-16(15)17(22)19-10-9-18-11-12-23-2;/h4-8,13,18H,3,9-12H2,1-2H3,(H,19,22);1H. The molecule has 0 fully saturated rings. The molecule has 2 rings (SSSR count). The number of carbonyl (C=O) groups excluding carboxylic acids is 1. The number of aromatic nitrogens is 2. The molecule has 8 heteroatoms. The van der Waals surface area contributed by atoms with Crippen molar-refractivity contribution in [2.24, 2.45) is 0 Å². The molecular formula is C17H25ClN4O3. The van der Waals surface area contributed by atoms with Crippen molar-refractivity contribution in [2.75, 3.05) is 40.0 Å². The normalized spacial score (nSPS) is 10.2.